The molecule has 0 saturated heterocycles. The molecule has 1 aromatic rings. The first-order valence-electron chi connectivity index (χ1n) is 4.68. The number of benzene rings is 1. The molecule has 0 aromatic heterocycles. The van der Waals surface area contributed by atoms with Gasteiger partial charge in [0.15, 0.2) is 0 Å². The van der Waals surface area contributed by atoms with E-state index in [4.69, 9.17) is 17.3 Å². The molecule has 1 aromatic carbocycles. The van der Waals surface area contributed by atoms with Gasteiger partial charge in [-0.15, -0.1) is 0 Å². The molecule has 0 aliphatic heterocycles. The maximum absolute atomic E-state index is 12.8. The van der Waals surface area contributed by atoms with Gasteiger partial charge in [0.1, 0.15) is 0 Å². The minimum Gasteiger partial charge on any atom is -0.367 e. The summed E-state index contributed by atoms with van der Waals surface area (Å²) in [7, 11) is 0. The Morgan fingerprint density at radius 3 is 2.39 bits per heavy atom. The average molecular weight is 346 g/mol. The standard InChI is InChI=1S/C10H9BrClF3N2O/c1-9(8(16)18,10(13,14)15)17-5-2-3-7(12)6(11)4-5/h2-4,17H,1H3,(H2,16,18). The fourth-order valence-electron chi connectivity index (χ4n) is 1.13. The predicted molar refractivity (Wildman–Crippen MR) is 66.4 cm³/mol. The summed E-state index contributed by atoms with van der Waals surface area (Å²) >= 11 is 8.79. The summed E-state index contributed by atoms with van der Waals surface area (Å²) in [6, 6.07) is 4.04. The molecule has 8 heteroatoms. The lowest BCUT2D eigenvalue weighted by Gasteiger charge is -2.30. The number of hydrogen-bond donors (Lipinski definition) is 2. The van der Waals surface area contributed by atoms with E-state index in [1.54, 1.807) is 0 Å². The minimum atomic E-state index is -4.81. The first kappa shape index (κ1) is 15.1. The van der Waals surface area contributed by atoms with Crippen molar-refractivity contribution in [2.45, 2.75) is 18.6 Å². The second-order valence-electron chi connectivity index (χ2n) is 3.74. The number of anilines is 1. The van der Waals surface area contributed by atoms with Crippen molar-refractivity contribution in [2.24, 2.45) is 5.73 Å². The topological polar surface area (TPSA) is 55.1 Å². The second kappa shape index (κ2) is 4.97. The predicted octanol–water partition coefficient (Wildman–Crippen LogP) is 3.32. The molecule has 1 unspecified atom stereocenters. The Morgan fingerprint density at radius 1 is 1.44 bits per heavy atom. The molecular formula is C10H9BrClF3N2O. The molecule has 0 radical (unpaired) electrons. The smallest absolute Gasteiger partial charge is 0.367 e. The molecule has 0 saturated carbocycles. The van der Waals surface area contributed by atoms with Gasteiger partial charge in [-0.2, -0.15) is 13.2 Å². The second-order valence-corrected chi connectivity index (χ2v) is 5.00. The van der Waals surface area contributed by atoms with Crippen molar-refractivity contribution in [3.63, 3.8) is 0 Å². The van der Waals surface area contributed by atoms with Crippen LogP contribution in [0.25, 0.3) is 0 Å². The quantitative estimate of drug-likeness (QED) is 0.883. The molecule has 1 rings (SSSR count). The fourth-order valence-corrected chi connectivity index (χ4v) is 1.63. The highest BCUT2D eigenvalue weighted by molar-refractivity contribution is 9.10. The maximum atomic E-state index is 12.8. The van der Waals surface area contributed by atoms with Gasteiger partial charge in [0.2, 0.25) is 5.54 Å². The fraction of sp³-hybridized carbons (Fsp3) is 0.300. The van der Waals surface area contributed by atoms with Gasteiger partial charge in [0.25, 0.3) is 5.91 Å². The molecule has 3 nitrogen and oxygen atoms in total. The van der Waals surface area contributed by atoms with E-state index >= 15 is 0 Å². The van der Waals surface area contributed by atoms with Crippen LogP contribution in [0.3, 0.4) is 0 Å². The molecular weight excluding hydrogens is 336 g/mol. The third kappa shape index (κ3) is 2.89. The maximum Gasteiger partial charge on any atom is 0.420 e. The summed E-state index contributed by atoms with van der Waals surface area (Å²) in [6.07, 6.45) is -4.81. The van der Waals surface area contributed by atoms with Crippen LogP contribution in [-0.4, -0.2) is 17.6 Å². The summed E-state index contributed by atoms with van der Waals surface area (Å²) in [6.45, 7) is 0.678. The van der Waals surface area contributed by atoms with E-state index in [9.17, 15) is 18.0 Å². The first-order valence-corrected chi connectivity index (χ1v) is 5.85. The Labute approximate surface area is 115 Å². The number of nitrogens with two attached hydrogens (primary N) is 1. The zero-order valence-electron chi connectivity index (χ0n) is 9.11. The molecule has 0 aliphatic rings. The molecule has 0 spiro atoms. The lowest BCUT2D eigenvalue weighted by molar-refractivity contribution is -0.180. The van der Waals surface area contributed by atoms with E-state index in [0.29, 0.717) is 16.4 Å². The van der Waals surface area contributed by atoms with E-state index in [1.807, 2.05) is 0 Å². The Hall–Kier alpha value is -0.950. The Bertz CT molecular complexity index is 481. The summed E-state index contributed by atoms with van der Waals surface area (Å²) in [5.41, 5.74) is 2.04. The van der Waals surface area contributed by atoms with Crippen LogP contribution < -0.4 is 11.1 Å². The zero-order chi connectivity index (χ0) is 14.1. The van der Waals surface area contributed by atoms with Crippen LogP contribution in [0.15, 0.2) is 22.7 Å². The highest BCUT2D eigenvalue weighted by Gasteiger charge is 2.56. The minimum absolute atomic E-state index is 0.0740. The number of rotatable bonds is 3. The van der Waals surface area contributed by atoms with Crippen molar-refractivity contribution in [2.75, 3.05) is 5.32 Å². The molecule has 100 valence electrons. The molecule has 3 N–H and O–H groups in total. The molecule has 1 amide bonds. The van der Waals surface area contributed by atoms with Crippen molar-refractivity contribution >= 4 is 39.1 Å². The zero-order valence-corrected chi connectivity index (χ0v) is 11.4. The van der Waals surface area contributed by atoms with E-state index in [2.05, 4.69) is 21.2 Å². The van der Waals surface area contributed by atoms with Crippen molar-refractivity contribution in [3.05, 3.63) is 27.7 Å². The highest BCUT2D eigenvalue weighted by Crippen LogP contribution is 2.34. The molecule has 0 heterocycles. The third-order valence-electron chi connectivity index (χ3n) is 2.37. The number of hydrogen-bond acceptors (Lipinski definition) is 2. The summed E-state index contributed by atoms with van der Waals surface area (Å²) in [5, 5.41) is 2.42. The van der Waals surface area contributed by atoms with Gasteiger partial charge in [-0.05, 0) is 41.1 Å². The van der Waals surface area contributed by atoms with Crippen LogP contribution in [0.5, 0.6) is 0 Å². The van der Waals surface area contributed by atoms with Crippen LogP contribution in [0, 0.1) is 0 Å². The number of alkyl halides is 3. The van der Waals surface area contributed by atoms with Crippen molar-refractivity contribution < 1.29 is 18.0 Å². The van der Waals surface area contributed by atoms with E-state index in [-0.39, 0.29) is 5.69 Å². The van der Waals surface area contributed by atoms with Crippen LogP contribution in [-0.2, 0) is 4.79 Å². The number of halogens is 5. The van der Waals surface area contributed by atoms with Crippen molar-refractivity contribution in [1.29, 1.82) is 0 Å². The number of carbonyl (C=O) groups is 1. The molecule has 0 aliphatic carbocycles. The lowest BCUT2D eigenvalue weighted by atomic mass is 10.0. The van der Waals surface area contributed by atoms with Gasteiger partial charge >= 0.3 is 6.18 Å². The summed E-state index contributed by atoms with van der Waals surface area (Å²) in [5.74, 6) is -1.51. The van der Waals surface area contributed by atoms with Crippen molar-refractivity contribution in [1.82, 2.24) is 0 Å². The number of primary amides is 1. The molecule has 0 bridgehead atoms. The Kier molecular flexibility index (Phi) is 4.17. The van der Waals surface area contributed by atoms with E-state index < -0.39 is 17.6 Å². The van der Waals surface area contributed by atoms with Crippen LogP contribution in [0.4, 0.5) is 18.9 Å². The molecule has 18 heavy (non-hydrogen) atoms. The lowest BCUT2D eigenvalue weighted by Crippen LogP contribution is -2.58. The third-order valence-corrected chi connectivity index (χ3v) is 3.59. The number of carbonyl (C=O) groups excluding carboxylic acids is 1. The SMILES string of the molecule is CC(Nc1ccc(Cl)c(Br)c1)(C(N)=O)C(F)(F)F. The van der Waals surface area contributed by atoms with Gasteiger partial charge in [-0.1, -0.05) is 11.6 Å². The molecule has 0 fully saturated rings. The van der Waals surface area contributed by atoms with Gasteiger partial charge in [-0.25, -0.2) is 0 Å². The highest BCUT2D eigenvalue weighted by atomic mass is 79.9. The Balaban J connectivity index is 3.12. The molecule has 1 atom stereocenters. The van der Waals surface area contributed by atoms with E-state index in [1.165, 1.54) is 18.2 Å². The average Bonchev–Trinajstić information content (AvgIpc) is 2.21. The van der Waals surface area contributed by atoms with Crippen LogP contribution in [0.1, 0.15) is 6.92 Å². The van der Waals surface area contributed by atoms with Gasteiger partial charge in [-0.3, -0.25) is 4.79 Å². The van der Waals surface area contributed by atoms with E-state index in [0.717, 1.165) is 0 Å². The van der Waals surface area contributed by atoms with Gasteiger partial charge in [0.05, 0.1) is 5.02 Å². The van der Waals surface area contributed by atoms with Gasteiger partial charge < -0.3 is 11.1 Å². The summed E-state index contributed by atoms with van der Waals surface area (Å²) in [4.78, 5) is 11.0. The first-order chi connectivity index (χ1) is 8.08. The van der Waals surface area contributed by atoms with Crippen LogP contribution in [0.2, 0.25) is 5.02 Å². The van der Waals surface area contributed by atoms with Crippen LogP contribution >= 0.6 is 27.5 Å². The van der Waals surface area contributed by atoms with Crippen molar-refractivity contribution in [3.8, 4) is 0 Å². The normalized spacial score (nSPS) is 15.0. The van der Waals surface area contributed by atoms with Gasteiger partial charge in [0, 0.05) is 10.2 Å². The Morgan fingerprint density at radius 2 is 2.00 bits per heavy atom. The largest absolute Gasteiger partial charge is 0.420 e. The monoisotopic (exact) mass is 344 g/mol. The number of amides is 1. The number of nitrogens with one attached hydrogen (secondary N) is 1. The summed E-state index contributed by atoms with van der Waals surface area (Å²) < 4.78 is 38.9.